The minimum Gasteiger partial charge on any atom is -0.393 e. The molecule has 1 amide bonds. The maximum absolute atomic E-state index is 11.8. The van der Waals surface area contributed by atoms with Crippen LogP contribution >= 0.6 is 0 Å². The first kappa shape index (κ1) is 14.7. The van der Waals surface area contributed by atoms with Gasteiger partial charge in [-0.05, 0) is 45.1 Å². The highest BCUT2D eigenvalue weighted by Gasteiger charge is 2.05. The lowest BCUT2D eigenvalue weighted by Gasteiger charge is -2.10. The Balaban J connectivity index is 2.48. The fraction of sp³-hybridized carbons (Fsp3) is 0.500. The number of amides is 1. The molecule has 4 heteroatoms. The smallest absolute Gasteiger partial charge is 0.251 e. The average molecular weight is 250 g/mol. The number of aliphatic hydroxyl groups is 1. The van der Waals surface area contributed by atoms with Gasteiger partial charge in [0.05, 0.1) is 6.10 Å². The summed E-state index contributed by atoms with van der Waals surface area (Å²) in [6.45, 7) is 3.07. The zero-order valence-corrected chi connectivity index (χ0v) is 11.3. The average Bonchev–Trinajstić information content (AvgIpc) is 2.28. The van der Waals surface area contributed by atoms with Crippen LogP contribution in [-0.2, 0) is 6.54 Å². The van der Waals surface area contributed by atoms with E-state index in [2.05, 4.69) is 10.2 Å². The van der Waals surface area contributed by atoms with Crippen LogP contribution in [0.4, 0.5) is 0 Å². The first-order valence-electron chi connectivity index (χ1n) is 6.19. The van der Waals surface area contributed by atoms with Gasteiger partial charge in [0.25, 0.3) is 5.91 Å². The number of carbonyl (C=O) groups is 1. The second-order valence-corrected chi connectivity index (χ2v) is 4.83. The van der Waals surface area contributed by atoms with Gasteiger partial charge in [0, 0.05) is 18.7 Å². The number of hydrogen-bond acceptors (Lipinski definition) is 3. The molecule has 0 spiro atoms. The molecule has 0 bridgehead atoms. The van der Waals surface area contributed by atoms with Crippen molar-refractivity contribution in [2.75, 3.05) is 20.6 Å². The first-order valence-corrected chi connectivity index (χ1v) is 6.19. The Morgan fingerprint density at radius 3 is 2.44 bits per heavy atom. The monoisotopic (exact) mass is 250 g/mol. The quantitative estimate of drug-likeness (QED) is 0.799. The molecule has 0 aliphatic heterocycles. The van der Waals surface area contributed by atoms with Crippen molar-refractivity contribution in [1.29, 1.82) is 0 Å². The van der Waals surface area contributed by atoms with Crippen molar-refractivity contribution in [2.45, 2.75) is 26.0 Å². The summed E-state index contributed by atoms with van der Waals surface area (Å²) < 4.78 is 0. The van der Waals surface area contributed by atoms with Gasteiger partial charge in [0.2, 0.25) is 0 Å². The fourth-order valence-electron chi connectivity index (χ4n) is 1.62. The SMILES string of the molecule is CC(O)CCNC(=O)c1ccc(CN(C)C)cc1. The van der Waals surface area contributed by atoms with Crippen LogP contribution in [0.15, 0.2) is 24.3 Å². The highest BCUT2D eigenvalue weighted by molar-refractivity contribution is 5.94. The molecule has 0 fully saturated rings. The Morgan fingerprint density at radius 2 is 1.94 bits per heavy atom. The van der Waals surface area contributed by atoms with E-state index in [1.165, 1.54) is 5.56 Å². The van der Waals surface area contributed by atoms with E-state index in [1.54, 1.807) is 6.92 Å². The molecule has 1 aromatic carbocycles. The molecule has 0 heterocycles. The van der Waals surface area contributed by atoms with Gasteiger partial charge in [-0.15, -0.1) is 0 Å². The summed E-state index contributed by atoms with van der Waals surface area (Å²) >= 11 is 0. The van der Waals surface area contributed by atoms with E-state index in [-0.39, 0.29) is 12.0 Å². The third kappa shape index (κ3) is 5.29. The molecule has 0 aliphatic rings. The summed E-state index contributed by atoms with van der Waals surface area (Å²) in [5.74, 6) is -0.0907. The molecular formula is C14H22N2O2. The fourth-order valence-corrected chi connectivity index (χ4v) is 1.62. The Morgan fingerprint density at radius 1 is 1.33 bits per heavy atom. The van der Waals surface area contributed by atoms with E-state index in [4.69, 9.17) is 5.11 Å². The number of nitrogens with zero attached hydrogens (tertiary/aromatic N) is 1. The number of rotatable bonds is 6. The minimum atomic E-state index is -0.382. The Hall–Kier alpha value is -1.39. The molecule has 18 heavy (non-hydrogen) atoms. The van der Waals surface area contributed by atoms with Crippen molar-refractivity contribution >= 4 is 5.91 Å². The molecule has 2 N–H and O–H groups in total. The predicted octanol–water partition coefficient (Wildman–Crippen LogP) is 1.25. The van der Waals surface area contributed by atoms with Crippen LogP contribution in [0.5, 0.6) is 0 Å². The van der Waals surface area contributed by atoms with Crippen LogP contribution in [-0.4, -0.2) is 42.7 Å². The number of carbonyl (C=O) groups excluding carboxylic acids is 1. The van der Waals surface area contributed by atoms with Gasteiger partial charge >= 0.3 is 0 Å². The van der Waals surface area contributed by atoms with Crippen LogP contribution < -0.4 is 5.32 Å². The summed E-state index contributed by atoms with van der Waals surface area (Å²) in [6.07, 6.45) is 0.192. The third-order valence-electron chi connectivity index (χ3n) is 2.56. The maximum atomic E-state index is 11.8. The maximum Gasteiger partial charge on any atom is 0.251 e. The first-order chi connectivity index (χ1) is 8.49. The number of nitrogens with one attached hydrogen (secondary N) is 1. The van der Waals surface area contributed by atoms with Gasteiger partial charge in [-0.25, -0.2) is 0 Å². The zero-order chi connectivity index (χ0) is 13.5. The molecule has 0 saturated carbocycles. The molecule has 0 saturated heterocycles. The molecular weight excluding hydrogens is 228 g/mol. The summed E-state index contributed by atoms with van der Waals surface area (Å²) in [4.78, 5) is 13.8. The molecule has 1 atom stereocenters. The van der Waals surface area contributed by atoms with Gasteiger partial charge in [0.1, 0.15) is 0 Å². The van der Waals surface area contributed by atoms with E-state index in [9.17, 15) is 4.79 Å². The number of hydrogen-bond donors (Lipinski definition) is 2. The van der Waals surface area contributed by atoms with Gasteiger partial charge in [0.15, 0.2) is 0 Å². The van der Waals surface area contributed by atoms with Crippen molar-refractivity contribution < 1.29 is 9.90 Å². The Bertz CT molecular complexity index is 372. The number of benzene rings is 1. The topological polar surface area (TPSA) is 52.6 Å². The Kier molecular flexibility index (Phi) is 5.82. The normalized spacial score (nSPS) is 12.5. The Labute approximate surface area is 109 Å². The predicted molar refractivity (Wildman–Crippen MR) is 72.5 cm³/mol. The lowest BCUT2D eigenvalue weighted by molar-refractivity contribution is 0.0945. The van der Waals surface area contributed by atoms with Crippen molar-refractivity contribution in [1.82, 2.24) is 10.2 Å². The molecule has 1 aromatic rings. The van der Waals surface area contributed by atoms with Crippen molar-refractivity contribution in [2.24, 2.45) is 0 Å². The minimum absolute atomic E-state index is 0.0907. The molecule has 1 unspecified atom stereocenters. The van der Waals surface area contributed by atoms with Crippen LogP contribution in [0.2, 0.25) is 0 Å². The lowest BCUT2D eigenvalue weighted by atomic mass is 10.1. The highest BCUT2D eigenvalue weighted by Crippen LogP contribution is 2.06. The van der Waals surface area contributed by atoms with E-state index in [0.717, 1.165) is 6.54 Å². The van der Waals surface area contributed by atoms with Crippen molar-refractivity contribution in [3.05, 3.63) is 35.4 Å². The second-order valence-electron chi connectivity index (χ2n) is 4.83. The lowest BCUT2D eigenvalue weighted by Crippen LogP contribution is -2.26. The largest absolute Gasteiger partial charge is 0.393 e. The summed E-state index contributed by atoms with van der Waals surface area (Å²) in [5, 5.41) is 11.9. The molecule has 0 aliphatic carbocycles. The molecule has 1 rings (SSSR count). The van der Waals surface area contributed by atoms with Crippen molar-refractivity contribution in [3.8, 4) is 0 Å². The summed E-state index contributed by atoms with van der Waals surface area (Å²) in [6, 6.07) is 7.58. The standard InChI is InChI=1S/C14H22N2O2/c1-11(17)8-9-15-14(18)13-6-4-12(5-7-13)10-16(2)3/h4-7,11,17H,8-10H2,1-3H3,(H,15,18). The third-order valence-corrected chi connectivity index (χ3v) is 2.56. The van der Waals surface area contributed by atoms with E-state index < -0.39 is 0 Å². The van der Waals surface area contributed by atoms with Crippen LogP contribution in [0.25, 0.3) is 0 Å². The number of aliphatic hydroxyl groups excluding tert-OH is 1. The van der Waals surface area contributed by atoms with Crippen molar-refractivity contribution in [3.63, 3.8) is 0 Å². The molecule has 100 valence electrons. The van der Waals surface area contributed by atoms with Crippen LogP contribution in [0, 0.1) is 0 Å². The van der Waals surface area contributed by atoms with E-state index in [1.807, 2.05) is 38.4 Å². The molecule has 4 nitrogen and oxygen atoms in total. The highest BCUT2D eigenvalue weighted by atomic mass is 16.3. The van der Waals surface area contributed by atoms with Crippen LogP contribution in [0.3, 0.4) is 0 Å². The second kappa shape index (κ2) is 7.13. The van der Waals surface area contributed by atoms with E-state index in [0.29, 0.717) is 18.5 Å². The zero-order valence-electron chi connectivity index (χ0n) is 11.3. The summed E-state index contributed by atoms with van der Waals surface area (Å²) in [5.41, 5.74) is 1.84. The molecule has 0 aromatic heterocycles. The van der Waals surface area contributed by atoms with Gasteiger partial charge in [-0.2, -0.15) is 0 Å². The molecule has 0 radical (unpaired) electrons. The van der Waals surface area contributed by atoms with Crippen LogP contribution in [0.1, 0.15) is 29.3 Å². The summed E-state index contributed by atoms with van der Waals surface area (Å²) in [7, 11) is 4.02. The van der Waals surface area contributed by atoms with Gasteiger partial charge in [-0.1, -0.05) is 12.1 Å². The van der Waals surface area contributed by atoms with E-state index >= 15 is 0 Å². The van der Waals surface area contributed by atoms with Gasteiger partial charge < -0.3 is 15.3 Å². The van der Waals surface area contributed by atoms with Gasteiger partial charge in [-0.3, -0.25) is 4.79 Å².